The Morgan fingerprint density at radius 2 is 2.17 bits per heavy atom. The summed E-state index contributed by atoms with van der Waals surface area (Å²) in [6.07, 6.45) is 2.58. The number of para-hydroxylation sites is 1. The van der Waals surface area contributed by atoms with Crippen molar-refractivity contribution in [3.05, 3.63) is 46.2 Å². The molecular weight excluding hydrogens is 240 g/mol. The van der Waals surface area contributed by atoms with Gasteiger partial charge in [-0.3, -0.25) is 0 Å². The fraction of sp³-hybridized carbons (Fsp3) is 0.333. The Morgan fingerprint density at radius 1 is 1.33 bits per heavy atom. The van der Waals surface area contributed by atoms with Crippen LogP contribution in [0.5, 0.6) is 0 Å². The molecule has 1 saturated carbocycles. The van der Waals surface area contributed by atoms with E-state index in [4.69, 9.17) is 5.73 Å². The molecule has 1 aromatic carbocycles. The maximum atomic E-state index is 6.18. The lowest BCUT2D eigenvalue weighted by Gasteiger charge is -2.27. The minimum atomic E-state index is 0.674. The lowest BCUT2D eigenvalue weighted by molar-refractivity contribution is 0.794. The number of rotatable bonds is 4. The van der Waals surface area contributed by atoms with Crippen LogP contribution in [0.2, 0.25) is 0 Å². The van der Waals surface area contributed by atoms with Crippen LogP contribution in [-0.2, 0) is 6.54 Å². The second kappa shape index (κ2) is 4.65. The average Bonchev–Trinajstić information content (AvgIpc) is 3.06. The average molecular weight is 258 g/mol. The smallest absolute Gasteiger partial charge is 0.0635 e. The summed E-state index contributed by atoms with van der Waals surface area (Å²) in [5.74, 6) is 0. The minimum Gasteiger partial charge on any atom is -0.397 e. The molecule has 18 heavy (non-hydrogen) atoms. The fourth-order valence-corrected chi connectivity index (χ4v) is 3.09. The van der Waals surface area contributed by atoms with Gasteiger partial charge in [0.1, 0.15) is 0 Å². The first-order chi connectivity index (χ1) is 8.75. The van der Waals surface area contributed by atoms with Crippen LogP contribution in [0.15, 0.2) is 35.0 Å². The fourth-order valence-electron chi connectivity index (χ4n) is 2.43. The monoisotopic (exact) mass is 258 g/mol. The molecule has 0 unspecified atom stereocenters. The third kappa shape index (κ3) is 2.23. The van der Waals surface area contributed by atoms with E-state index in [1.807, 2.05) is 12.1 Å². The number of hydrogen-bond acceptors (Lipinski definition) is 3. The standard InChI is InChI=1S/C15H18N2S/c1-11-3-2-4-14(16)15(11)17(13-5-6-13)9-12-7-8-18-10-12/h2-4,7-8,10,13H,5-6,9,16H2,1H3. The lowest BCUT2D eigenvalue weighted by atomic mass is 10.1. The van der Waals surface area contributed by atoms with E-state index >= 15 is 0 Å². The molecule has 0 bridgehead atoms. The topological polar surface area (TPSA) is 29.3 Å². The number of aryl methyl sites for hydroxylation is 1. The molecule has 3 rings (SSSR count). The molecule has 1 heterocycles. The molecule has 0 saturated heterocycles. The van der Waals surface area contributed by atoms with Gasteiger partial charge < -0.3 is 10.6 Å². The normalized spacial score (nSPS) is 14.7. The van der Waals surface area contributed by atoms with Crippen LogP contribution in [0.25, 0.3) is 0 Å². The van der Waals surface area contributed by atoms with E-state index < -0.39 is 0 Å². The van der Waals surface area contributed by atoms with Gasteiger partial charge in [-0.25, -0.2) is 0 Å². The Hall–Kier alpha value is -1.48. The SMILES string of the molecule is Cc1cccc(N)c1N(Cc1ccsc1)C1CC1. The molecule has 1 aliphatic rings. The molecule has 0 aliphatic heterocycles. The predicted octanol–water partition coefficient (Wildman–Crippen LogP) is 3.81. The summed E-state index contributed by atoms with van der Waals surface area (Å²) in [5, 5.41) is 4.37. The Labute approximate surface area is 112 Å². The number of nitrogens with zero attached hydrogens (tertiary/aromatic N) is 1. The molecule has 1 aromatic heterocycles. The molecule has 94 valence electrons. The van der Waals surface area contributed by atoms with Crippen molar-refractivity contribution in [2.75, 3.05) is 10.6 Å². The summed E-state index contributed by atoms with van der Waals surface area (Å²) in [6, 6.07) is 9.06. The van der Waals surface area contributed by atoms with Crippen molar-refractivity contribution >= 4 is 22.7 Å². The number of hydrogen-bond donors (Lipinski definition) is 1. The zero-order valence-corrected chi connectivity index (χ0v) is 11.4. The Bertz CT molecular complexity index is 509. The van der Waals surface area contributed by atoms with Crippen LogP contribution in [0, 0.1) is 6.92 Å². The number of anilines is 2. The maximum absolute atomic E-state index is 6.18. The number of nitrogens with two attached hydrogens (primary N) is 1. The number of benzene rings is 1. The van der Waals surface area contributed by atoms with E-state index in [9.17, 15) is 0 Å². The van der Waals surface area contributed by atoms with Gasteiger partial charge in [0.25, 0.3) is 0 Å². The highest BCUT2D eigenvalue weighted by Crippen LogP contribution is 2.38. The van der Waals surface area contributed by atoms with Gasteiger partial charge in [-0.2, -0.15) is 11.3 Å². The molecule has 2 nitrogen and oxygen atoms in total. The molecule has 1 aliphatic carbocycles. The maximum Gasteiger partial charge on any atom is 0.0635 e. The van der Waals surface area contributed by atoms with E-state index in [1.165, 1.54) is 29.7 Å². The lowest BCUT2D eigenvalue weighted by Crippen LogP contribution is -2.26. The van der Waals surface area contributed by atoms with Crippen LogP contribution >= 0.6 is 11.3 Å². The van der Waals surface area contributed by atoms with Gasteiger partial charge in [-0.1, -0.05) is 12.1 Å². The quantitative estimate of drug-likeness (QED) is 0.845. The van der Waals surface area contributed by atoms with Gasteiger partial charge in [0.2, 0.25) is 0 Å². The van der Waals surface area contributed by atoms with Gasteiger partial charge in [-0.05, 0) is 53.8 Å². The van der Waals surface area contributed by atoms with Crippen molar-refractivity contribution in [3.63, 3.8) is 0 Å². The van der Waals surface area contributed by atoms with Crippen molar-refractivity contribution in [2.45, 2.75) is 32.4 Å². The molecule has 0 radical (unpaired) electrons. The molecule has 2 N–H and O–H groups in total. The van der Waals surface area contributed by atoms with Crippen LogP contribution < -0.4 is 10.6 Å². The predicted molar refractivity (Wildman–Crippen MR) is 79.1 cm³/mol. The number of nitrogen functional groups attached to an aromatic ring is 1. The summed E-state index contributed by atoms with van der Waals surface area (Å²) >= 11 is 1.76. The van der Waals surface area contributed by atoms with Gasteiger partial charge >= 0.3 is 0 Å². The first-order valence-corrected chi connectivity index (χ1v) is 7.33. The molecule has 0 atom stereocenters. The minimum absolute atomic E-state index is 0.674. The number of thiophene rings is 1. The highest BCUT2D eigenvalue weighted by atomic mass is 32.1. The van der Waals surface area contributed by atoms with E-state index in [0.29, 0.717) is 6.04 Å². The molecule has 2 aromatic rings. The van der Waals surface area contributed by atoms with Crippen LogP contribution in [0.4, 0.5) is 11.4 Å². The van der Waals surface area contributed by atoms with Gasteiger partial charge in [-0.15, -0.1) is 0 Å². The van der Waals surface area contributed by atoms with Gasteiger partial charge in [0.05, 0.1) is 11.4 Å². The van der Waals surface area contributed by atoms with Crippen molar-refractivity contribution in [1.29, 1.82) is 0 Å². The van der Waals surface area contributed by atoms with E-state index in [1.54, 1.807) is 11.3 Å². The molecule has 0 amide bonds. The van der Waals surface area contributed by atoms with E-state index in [0.717, 1.165) is 12.2 Å². The van der Waals surface area contributed by atoms with Crippen molar-refractivity contribution in [3.8, 4) is 0 Å². The van der Waals surface area contributed by atoms with Crippen LogP contribution in [0.1, 0.15) is 24.0 Å². The van der Waals surface area contributed by atoms with Gasteiger partial charge in [0, 0.05) is 12.6 Å². The zero-order chi connectivity index (χ0) is 12.5. The second-order valence-corrected chi connectivity index (χ2v) is 5.78. The van der Waals surface area contributed by atoms with Crippen molar-refractivity contribution < 1.29 is 0 Å². The summed E-state index contributed by atoms with van der Waals surface area (Å²) in [4.78, 5) is 2.48. The summed E-state index contributed by atoms with van der Waals surface area (Å²) in [7, 11) is 0. The second-order valence-electron chi connectivity index (χ2n) is 5.00. The Balaban J connectivity index is 1.94. The molecule has 0 spiro atoms. The van der Waals surface area contributed by atoms with Crippen molar-refractivity contribution in [1.82, 2.24) is 0 Å². The summed E-state index contributed by atoms with van der Waals surface area (Å²) < 4.78 is 0. The Morgan fingerprint density at radius 3 is 2.78 bits per heavy atom. The summed E-state index contributed by atoms with van der Waals surface area (Å²) in [5.41, 5.74) is 11.0. The first kappa shape index (κ1) is 11.6. The van der Waals surface area contributed by atoms with Crippen LogP contribution in [-0.4, -0.2) is 6.04 Å². The Kier molecular flexibility index (Phi) is 3.00. The third-order valence-corrected chi connectivity index (χ3v) is 4.21. The largest absolute Gasteiger partial charge is 0.397 e. The highest BCUT2D eigenvalue weighted by Gasteiger charge is 2.31. The zero-order valence-electron chi connectivity index (χ0n) is 10.6. The van der Waals surface area contributed by atoms with E-state index in [-0.39, 0.29) is 0 Å². The van der Waals surface area contributed by atoms with Gasteiger partial charge in [0.15, 0.2) is 0 Å². The molecule has 1 fully saturated rings. The van der Waals surface area contributed by atoms with Crippen LogP contribution in [0.3, 0.4) is 0 Å². The molecular formula is C15H18N2S. The van der Waals surface area contributed by atoms with E-state index in [2.05, 4.69) is 34.7 Å². The first-order valence-electron chi connectivity index (χ1n) is 6.38. The third-order valence-electron chi connectivity index (χ3n) is 3.48. The highest BCUT2D eigenvalue weighted by molar-refractivity contribution is 7.07. The summed E-state index contributed by atoms with van der Waals surface area (Å²) in [6.45, 7) is 3.12. The molecule has 3 heteroatoms. The van der Waals surface area contributed by atoms with Crippen molar-refractivity contribution in [2.24, 2.45) is 0 Å².